The van der Waals surface area contributed by atoms with Crippen LogP contribution in [0, 0.1) is 0 Å². The first-order valence-corrected chi connectivity index (χ1v) is 9.03. The third-order valence-electron chi connectivity index (χ3n) is 4.90. The predicted molar refractivity (Wildman–Crippen MR) is 95.9 cm³/mol. The van der Waals surface area contributed by atoms with Crippen LogP contribution in [0.1, 0.15) is 64.2 Å². The quantitative estimate of drug-likeness (QED) is 0.611. The Bertz CT molecular complexity index is 329. The lowest BCUT2D eigenvalue weighted by Gasteiger charge is -2.42. The normalized spacial score (nSPS) is 21.0. The van der Waals surface area contributed by atoms with E-state index in [1.165, 1.54) is 64.2 Å². The van der Waals surface area contributed by atoms with Gasteiger partial charge in [-0.1, -0.05) is 38.5 Å². The summed E-state index contributed by atoms with van der Waals surface area (Å²) in [5, 5.41) is 0.970. The number of nitrogens with two attached hydrogens (primary N) is 2. The van der Waals surface area contributed by atoms with Gasteiger partial charge >= 0.3 is 0 Å². The minimum Gasteiger partial charge on any atom is -0.376 e. The van der Waals surface area contributed by atoms with E-state index in [4.69, 9.17) is 35.9 Å². The van der Waals surface area contributed by atoms with Crippen LogP contribution >= 0.6 is 24.4 Å². The molecule has 0 saturated heterocycles. The van der Waals surface area contributed by atoms with Gasteiger partial charge in [-0.05, 0) is 50.1 Å². The molecule has 0 aromatic carbocycles. The van der Waals surface area contributed by atoms with Crippen molar-refractivity contribution in [3.63, 3.8) is 0 Å². The fraction of sp³-hybridized carbons (Fsp3) is 0.867. The second kappa shape index (κ2) is 8.13. The van der Waals surface area contributed by atoms with E-state index < -0.39 is 0 Å². The average Bonchev–Trinajstić information content (AvgIpc) is 2.49. The van der Waals surface area contributed by atoms with Gasteiger partial charge in [0.05, 0.1) is 6.67 Å². The molecule has 2 fully saturated rings. The molecule has 0 heterocycles. The molecule has 0 unspecified atom stereocenters. The first kappa shape index (κ1) is 16.7. The smallest absolute Gasteiger partial charge is 0.167 e. The maximum absolute atomic E-state index is 5.99. The SMILES string of the molecule is NC(=S)N(CN(C(N)=S)C1CCCCC1)C1CCCCC1. The fourth-order valence-electron chi connectivity index (χ4n) is 3.68. The van der Waals surface area contributed by atoms with Crippen molar-refractivity contribution in [2.75, 3.05) is 6.67 Å². The van der Waals surface area contributed by atoms with Crippen molar-refractivity contribution < 1.29 is 0 Å². The molecular formula is C15H28N4S2. The van der Waals surface area contributed by atoms with Gasteiger partial charge in [-0.15, -0.1) is 0 Å². The molecule has 2 rings (SSSR count). The largest absolute Gasteiger partial charge is 0.376 e. The summed E-state index contributed by atoms with van der Waals surface area (Å²) in [5.74, 6) is 0. The van der Waals surface area contributed by atoms with E-state index in [0.717, 1.165) is 0 Å². The zero-order chi connectivity index (χ0) is 15.2. The highest BCUT2D eigenvalue weighted by Crippen LogP contribution is 2.26. The zero-order valence-corrected chi connectivity index (χ0v) is 14.4. The molecule has 120 valence electrons. The second-order valence-corrected chi connectivity index (χ2v) is 7.18. The highest BCUT2D eigenvalue weighted by molar-refractivity contribution is 7.80. The van der Waals surface area contributed by atoms with Gasteiger partial charge in [0.2, 0.25) is 0 Å². The van der Waals surface area contributed by atoms with Crippen LogP contribution in [-0.4, -0.2) is 38.8 Å². The standard InChI is InChI=1S/C15H28N4S2/c16-14(20)18(12-7-3-1-4-8-12)11-19(15(17)21)13-9-5-2-6-10-13/h12-13H,1-11H2,(H2,16,20)(H2,17,21). The molecule has 0 radical (unpaired) electrons. The van der Waals surface area contributed by atoms with Crippen LogP contribution in [0.4, 0.5) is 0 Å². The molecule has 4 nitrogen and oxygen atoms in total. The van der Waals surface area contributed by atoms with Crippen LogP contribution in [0.2, 0.25) is 0 Å². The van der Waals surface area contributed by atoms with Gasteiger partial charge in [0, 0.05) is 12.1 Å². The summed E-state index contributed by atoms with van der Waals surface area (Å²) in [6, 6.07) is 0.911. The van der Waals surface area contributed by atoms with Crippen molar-refractivity contribution >= 4 is 34.7 Å². The minimum absolute atomic E-state index is 0.455. The molecule has 6 heteroatoms. The van der Waals surface area contributed by atoms with Gasteiger partial charge in [-0.25, -0.2) is 0 Å². The third-order valence-corrected chi connectivity index (χ3v) is 5.37. The molecule has 0 atom stereocenters. The molecule has 2 aliphatic rings. The predicted octanol–water partition coefficient (Wildman–Crippen LogP) is 2.70. The summed E-state index contributed by atoms with van der Waals surface area (Å²) in [5.41, 5.74) is 12.0. The molecule has 2 saturated carbocycles. The van der Waals surface area contributed by atoms with Crippen molar-refractivity contribution in [3.8, 4) is 0 Å². The number of hydrogen-bond acceptors (Lipinski definition) is 2. The van der Waals surface area contributed by atoms with Gasteiger partial charge < -0.3 is 21.3 Å². The lowest BCUT2D eigenvalue weighted by molar-refractivity contribution is 0.140. The average molecular weight is 329 g/mol. The van der Waals surface area contributed by atoms with E-state index >= 15 is 0 Å². The van der Waals surface area contributed by atoms with Gasteiger partial charge in [-0.2, -0.15) is 0 Å². The van der Waals surface area contributed by atoms with Gasteiger partial charge in [0.25, 0.3) is 0 Å². The molecule has 0 aromatic heterocycles. The van der Waals surface area contributed by atoms with Crippen molar-refractivity contribution in [3.05, 3.63) is 0 Å². The molecule has 0 amide bonds. The van der Waals surface area contributed by atoms with Crippen LogP contribution in [0.5, 0.6) is 0 Å². The Balaban J connectivity index is 2.04. The summed E-state index contributed by atoms with van der Waals surface area (Å²) in [6.07, 6.45) is 12.4. The minimum atomic E-state index is 0.455. The second-order valence-electron chi connectivity index (χ2n) is 6.34. The molecule has 0 spiro atoms. The highest BCUT2D eigenvalue weighted by atomic mass is 32.1. The van der Waals surface area contributed by atoms with Crippen LogP contribution in [0.25, 0.3) is 0 Å². The number of thiocarbonyl (C=S) groups is 2. The van der Waals surface area contributed by atoms with Gasteiger partial charge in [-0.3, -0.25) is 0 Å². The van der Waals surface area contributed by atoms with E-state index in [-0.39, 0.29) is 0 Å². The zero-order valence-electron chi connectivity index (χ0n) is 12.8. The van der Waals surface area contributed by atoms with Crippen LogP contribution in [0.3, 0.4) is 0 Å². The molecule has 0 aromatic rings. The van der Waals surface area contributed by atoms with Crippen LogP contribution in [0.15, 0.2) is 0 Å². The van der Waals surface area contributed by atoms with E-state index in [1.807, 2.05) is 0 Å². The Hall–Kier alpha value is -0.620. The highest BCUT2D eigenvalue weighted by Gasteiger charge is 2.28. The monoisotopic (exact) mass is 328 g/mol. The van der Waals surface area contributed by atoms with Crippen molar-refractivity contribution in [1.82, 2.24) is 9.80 Å². The molecule has 0 aliphatic heterocycles. The number of hydrogen-bond donors (Lipinski definition) is 2. The third kappa shape index (κ3) is 4.68. The Morgan fingerprint density at radius 1 is 0.714 bits per heavy atom. The molecular weight excluding hydrogens is 300 g/mol. The number of nitrogens with zero attached hydrogens (tertiary/aromatic N) is 2. The van der Waals surface area contributed by atoms with Crippen molar-refractivity contribution in [2.45, 2.75) is 76.3 Å². The molecule has 4 N–H and O–H groups in total. The molecule has 0 bridgehead atoms. The Morgan fingerprint density at radius 2 is 1.05 bits per heavy atom. The Morgan fingerprint density at radius 3 is 1.33 bits per heavy atom. The fourth-order valence-corrected chi connectivity index (χ4v) is 4.09. The van der Waals surface area contributed by atoms with Gasteiger partial charge in [0.1, 0.15) is 0 Å². The summed E-state index contributed by atoms with van der Waals surface area (Å²) >= 11 is 10.6. The summed E-state index contributed by atoms with van der Waals surface area (Å²) < 4.78 is 0. The lowest BCUT2D eigenvalue weighted by Crippen LogP contribution is -2.55. The number of rotatable bonds is 4. The molecule has 21 heavy (non-hydrogen) atoms. The first-order chi connectivity index (χ1) is 10.1. The molecule has 2 aliphatic carbocycles. The summed E-state index contributed by atoms with van der Waals surface area (Å²) in [4.78, 5) is 4.31. The topological polar surface area (TPSA) is 58.5 Å². The van der Waals surface area contributed by atoms with Crippen molar-refractivity contribution in [2.24, 2.45) is 11.5 Å². The van der Waals surface area contributed by atoms with Crippen molar-refractivity contribution in [1.29, 1.82) is 0 Å². The Kier molecular flexibility index (Phi) is 6.48. The first-order valence-electron chi connectivity index (χ1n) is 8.21. The van der Waals surface area contributed by atoms with E-state index in [2.05, 4.69) is 9.80 Å². The maximum Gasteiger partial charge on any atom is 0.167 e. The van der Waals surface area contributed by atoms with E-state index in [1.54, 1.807) is 0 Å². The van der Waals surface area contributed by atoms with Crippen LogP contribution in [-0.2, 0) is 0 Å². The maximum atomic E-state index is 5.99. The Labute approximate surface area is 139 Å². The van der Waals surface area contributed by atoms with Gasteiger partial charge in [0.15, 0.2) is 10.2 Å². The lowest BCUT2D eigenvalue weighted by atomic mass is 9.93. The van der Waals surface area contributed by atoms with E-state index in [9.17, 15) is 0 Å². The summed E-state index contributed by atoms with van der Waals surface area (Å²) in [7, 11) is 0. The van der Waals surface area contributed by atoms with E-state index in [0.29, 0.717) is 29.0 Å². The summed E-state index contributed by atoms with van der Waals surface area (Å²) in [6.45, 7) is 0.667. The van der Waals surface area contributed by atoms with Crippen LogP contribution < -0.4 is 11.5 Å².